The van der Waals surface area contributed by atoms with Gasteiger partial charge in [-0.05, 0) is 56.5 Å². The van der Waals surface area contributed by atoms with Crippen LogP contribution in [0.1, 0.15) is 25.3 Å². The number of hydrogen-bond donors (Lipinski definition) is 0. The molecule has 2 saturated heterocycles. The van der Waals surface area contributed by atoms with Crippen molar-refractivity contribution in [3.05, 3.63) is 54.4 Å². The molecule has 1 amide bonds. The fourth-order valence-corrected chi connectivity index (χ4v) is 6.03. The zero-order valence-corrected chi connectivity index (χ0v) is 19.0. The number of aryl methyl sites for hydroxylation is 1. The number of rotatable bonds is 4. The summed E-state index contributed by atoms with van der Waals surface area (Å²) in [6.07, 6.45) is 4.06. The van der Waals surface area contributed by atoms with Crippen molar-refractivity contribution in [3.63, 3.8) is 0 Å². The highest BCUT2D eigenvalue weighted by atomic mass is 32.2. The minimum Gasteiger partial charge on any atom is -0.365 e. The molecule has 2 aliphatic rings. The largest absolute Gasteiger partial charge is 0.365 e. The van der Waals surface area contributed by atoms with E-state index in [1.54, 1.807) is 18.3 Å². The molecule has 0 bridgehead atoms. The first-order valence-corrected chi connectivity index (χ1v) is 12.3. The zero-order chi connectivity index (χ0) is 22.0. The van der Waals surface area contributed by atoms with Crippen LogP contribution in [0.3, 0.4) is 0 Å². The maximum Gasteiger partial charge on any atom is 0.244 e. The molecule has 8 heteroatoms. The summed E-state index contributed by atoms with van der Waals surface area (Å²) in [6.45, 7) is 7.19. The van der Waals surface area contributed by atoms with E-state index < -0.39 is 10.0 Å². The van der Waals surface area contributed by atoms with Gasteiger partial charge in [-0.1, -0.05) is 12.1 Å². The molecule has 1 aromatic heterocycles. The monoisotopic (exact) mass is 442 g/mol. The lowest BCUT2D eigenvalue weighted by Crippen LogP contribution is -2.55. The summed E-state index contributed by atoms with van der Waals surface area (Å²) in [6, 6.07) is 11.9. The molecule has 2 aliphatic heterocycles. The van der Waals surface area contributed by atoms with Crippen molar-refractivity contribution < 1.29 is 13.2 Å². The number of benzene rings is 1. The lowest BCUT2D eigenvalue weighted by molar-refractivity contribution is -0.137. The quantitative estimate of drug-likeness (QED) is 0.728. The van der Waals surface area contributed by atoms with Crippen LogP contribution in [0.2, 0.25) is 0 Å². The minimum absolute atomic E-state index is 0.113. The Kier molecular flexibility index (Phi) is 6.29. The van der Waals surface area contributed by atoms with E-state index in [4.69, 9.17) is 0 Å². The lowest BCUT2D eigenvalue weighted by Gasteiger charge is -2.43. The molecule has 166 valence electrons. The molecule has 0 N–H and O–H groups in total. The van der Waals surface area contributed by atoms with E-state index in [1.807, 2.05) is 4.90 Å². The molecular weight excluding hydrogens is 412 g/mol. The van der Waals surface area contributed by atoms with Gasteiger partial charge in [0.1, 0.15) is 4.90 Å². The third kappa shape index (κ3) is 4.60. The molecule has 0 saturated carbocycles. The molecule has 7 nitrogen and oxygen atoms in total. The Morgan fingerprint density at radius 1 is 1.06 bits per heavy atom. The minimum atomic E-state index is -3.55. The zero-order valence-electron chi connectivity index (χ0n) is 18.1. The average molecular weight is 443 g/mol. The van der Waals surface area contributed by atoms with Gasteiger partial charge in [-0.15, -0.1) is 0 Å². The molecule has 3 heterocycles. The lowest BCUT2D eigenvalue weighted by atomic mass is 9.95. The summed E-state index contributed by atoms with van der Waals surface area (Å²) in [5.41, 5.74) is 2.43. The van der Waals surface area contributed by atoms with Gasteiger partial charge in [0.25, 0.3) is 0 Å². The molecule has 1 aromatic carbocycles. The highest BCUT2D eigenvalue weighted by Gasteiger charge is 2.35. The Labute approximate surface area is 184 Å². The van der Waals surface area contributed by atoms with Crippen molar-refractivity contribution in [2.45, 2.75) is 37.6 Å². The van der Waals surface area contributed by atoms with Gasteiger partial charge in [0.2, 0.25) is 15.9 Å². The van der Waals surface area contributed by atoms with Crippen LogP contribution in [0.25, 0.3) is 0 Å². The SMILES string of the molecule is Cc1cccc(N2CCN(C(=O)C3CCN(S(=O)(=O)c4cccnc4)CC3)C[C@@H]2C)c1. The number of sulfonamides is 1. The first-order valence-electron chi connectivity index (χ1n) is 10.9. The summed E-state index contributed by atoms with van der Waals surface area (Å²) in [5.74, 6) is 0.0484. The van der Waals surface area contributed by atoms with Crippen LogP contribution >= 0.6 is 0 Å². The van der Waals surface area contributed by atoms with E-state index >= 15 is 0 Å². The van der Waals surface area contributed by atoms with Crippen molar-refractivity contribution in [3.8, 4) is 0 Å². The van der Waals surface area contributed by atoms with Crippen molar-refractivity contribution in [1.29, 1.82) is 0 Å². The van der Waals surface area contributed by atoms with Gasteiger partial charge in [0, 0.05) is 62.8 Å². The fourth-order valence-electron chi connectivity index (χ4n) is 4.60. The summed E-state index contributed by atoms with van der Waals surface area (Å²) in [7, 11) is -3.55. The Bertz CT molecular complexity index is 1020. The molecule has 0 radical (unpaired) electrons. The smallest absolute Gasteiger partial charge is 0.244 e. The number of carbonyl (C=O) groups is 1. The van der Waals surface area contributed by atoms with Gasteiger partial charge in [-0.25, -0.2) is 8.42 Å². The highest BCUT2D eigenvalue weighted by Crippen LogP contribution is 2.27. The molecule has 2 fully saturated rings. The standard InChI is InChI=1S/C23H30N4O3S/c1-18-5-3-6-21(15-18)27-14-13-25(17-19(27)2)23(28)20-8-11-26(12-9-20)31(29,30)22-7-4-10-24-16-22/h3-7,10,15-16,19-20H,8-9,11-14,17H2,1-2H3/t19-/m0/s1. The Morgan fingerprint density at radius 3 is 2.48 bits per heavy atom. The first-order chi connectivity index (χ1) is 14.9. The van der Waals surface area contributed by atoms with Crippen molar-refractivity contribution >= 4 is 21.6 Å². The van der Waals surface area contributed by atoms with Gasteiger partial charge >= 0.3 is 0 Å². The molecule has 2 aromatic rings. The predicted molar refractivity (Wildman–Crippen MR) is 120 cm³/mol. The number of pyridine rings is 1. The summed E-state index contributed by atoms with van der Waals surface area (Å²) < 4.78 is 27.1. The summed E-state index contributed by atoms with van der Waals surface area (Å²) >= 11 is 0. The van der Waals surface area contributed by atoms with Gasteiger partial charge in [-0.2, -0.15) is 4.31 Å². The Hall–Kier alpha value is -2.45. The van der Waals surface area contributed by atoms with E-state index in [9.17, 15) is 13.2 Å². The van der Waals surface area contributed by atoms with Crippen molar-refractivity contribution in [1.82, 2.24) is 14.2 Å². The number of anilines is 1. The molecule has 31 heavy (non-hydrogen) atoms. The van der Waals surface area contributed by atoms with E-state index in [0.717, 1.165) is 6.54 Å². The molecule has 0 unspecified atom stereocenters. The van der Waals surface area contributed by atoms with E-state index in [-0.39, 0.29) is 22.8 Å². The number of hydrogen-bond acceptors (Lipinski definition) is 5. The normalized spacial score (nSPS) is 21.3. The van der Waals surface area contributed by atoms with Crippen molar-refractivity contribution in [2.75, 3.05) is 37.6 Å². The first kappa shape index (κ1) is 21.8. The topological polar surface area (TPSA) is 73.8 Å². The third-order valence-corrected chi connectivity index (χ3v) is 8.23. The van der Waals surface area contributed by atoms with Crippen LogP contribution in [0, 0.1) is 12.8 Å². The fraction of sp³-hybridized carbons (Fsp3) is 0.478. The average Bonchev–Trinajstić information content (AvgIpc) is 2.79. The predicted octanol–water partition coefficient (Wildman–Crippen LogP) is 2.53. The Balaban J connectivity index is 1.34. The van der Waals surface area contributed by atoms with Crippen LogP contribution in [-0.2, 0) is 14.8 Å². The number of amides is 1. The maximum absolute atomic E-state index is 13.2. The third-order valence-electron chi connectivity index (χ3n) is 6.35. The van der Waals surface area contributed by atoms with E-state index in [2.05, 4.69) is 48.0 Å². The highest BCUT2D eigenvalue weighted by molar-refractivity contribution is 7.89. The number of nitrogens with zero attached hydrogens (tertiary/aromatic N) is 4. The second-order valence-corrected chi connectivity index (χ2v) is 10.5. The van der Waals surface area contributed by atoms with Gasteiger partial charge in [0.05, 0.1) is 0 Å². The van der Waals surface area contributed by atoms with Crippen LogP contribution in [0.5, 0.6) is 0 Å². The van der Waals surface area contributed by atoms with Crippen LogP contribution in [0.4, 0.5) is 5.69 Å². The molecular formula is C23H30N4O3S. The van der Waals surface area contributed by atoms with E-state index in [0.29, 0.717) is 39.0 Å². The van der Waals surface area contributed by atoms with Gasteiger partial charge in [-0.3, -0.25) is 9.78 Å². The van der Waals surface area contributed by atoms with Gasteiger partial charge in [0.15, 0.2) is 0 Å². The maximum atomic E-state index is 13.2. The molecule has 4 rings (SSSR count). The van der Waals surface area contributed by atoms with Crippen LogP contribution in [-0.4, -0.2) is 67.3 Å². The summed E-state index contributed by atoms with van der Waals surface area (Å²) in [5, 5.41) is 0. The molecule has 1 atom stereocenters. The number of aromatic nitrogens is 1. The van der Waals surface area contributed by atoms with Gasteiger partial charge < -0.3 is 9.80 Å². The number of carbonyl (C=O) groups excluding carboxylic acids is 1. The number of piperidine rings is 1. The van der Waals surface area contributed by atoms with Crippen LogP contribution in [0.15, 0.2) is 53.7 Å². The second-order valence-electron chi connectivity index (χ2n) is 8.53. The van der Waals surface area contributed by atoms with Crippen LogP contribution < -0.4 is 4.90 Å². The van der Waals surface area contributed by atoms with Crippen molar-refractivity contribution in [2.24, 2.45) is 5.92 Å². The Morgan fingerprint density at radius 2 is 1.84 bits per heavy atom. The molecule has 0 spiro atoms. The molecule has 0 aliphatic carbocycles. The second kappa shape index (κ2) is 8.96. The summed E-state index contributed by atoms with van der Waals surface area (Å²) in [4.78, 5) is 21.6. The number of piperazine rings is 1. The van der Waals surface area contributed by atoms with E-state index in [1.165, 1.54) is 21.8 Å².